The summed E-state index contributed by atoms with van der Waals surface area (Å²) >= 11 is 1.42. The van der Waals surface area contributed by atoms with Gasteiger partial charge in [0.1, 0.15) is 11.5 Å². The summed E-state index contributed by atoms with van der Waals surface area (Å²) in [6.45, 7) is 1.15. The molecule has 0 unspecified atom stereocenters. The van der Waals surface area contributed by atoms with Gasteiger partial charge >= 0.3 is 0 Å². The maximum Gasteiger partial charge on any atom is 0.278 e. The lowest BCUT2D eigenvalue weighted by Crippen LogP contribution is -2.28. The number of nitrogens with zero attached hydrogens (tertiary/aromatic N) is 1. The fraction of sp³-hybridized carbons (Fsp3) is 0.158. The van der Waals surface area contributed by atoms with Crippen LogP contribution in [0.25, 0.3) is 0 Å². The number of nitrogens with one attached hydrogen (secondary N) is 1. The van der Waals surface area contributed by atoms with Gasteiger partial charge in [0.2, 0.25) is 0 Å². The highest BCUT2D eigenvalue weighted by molar-refractivity contribution is 7.11. The maximum absolute atomic E-state index is 12.3. The van der Waals surface area contributed by atoms with Gasteiger partial charge in [0.15, 0.2) is 0 Å². The molecule has 0 bridgehead atoms. The number of rotatable bonds is 5. The van der Waals surface area contributed by atoms with Crippen molar-refractivity contribution in [2.45, 2.75) is 5.92 Å². The number of thiazole rings is 1. The SMILES string of the molecule is O=C(NC[C@H]1COc2ccccc21)c1ccc(Oc2nccs2)cc1. The monoisotopic (exact) mass is 352 g/mol. The molecule has 1 aromatic heterocycles. The molecule has 6 heteroatoms. The van der Waals surface area contributed by atoms with E-state index < -0.39 is 0 Å². The number of amides is 1. The normalized spacial score (nSPS) is 15.3. The van der Waals surface area contributed by atoms with Gasteiger partial charge in [-0.15, -0.1) is 0 Å². The topological polar surface area (TPSA) is 60.5 Å². The van der Waals surface area contributed by atoms with Crippen molar-refractivity contribution in [3.8, 4) is 16.7 Å². The van der Waals surface area contributed by atoms with E-state index in [1.165, 1.54) is 11.3 Å². The van der Waals surface area contributed by atoms with Crippen molar-refractivity contribution in [1.82, 2.24) is 10.3 Å². The quantitative estimate of drug-likeness (QED) is 0.758. The van der Waals surface area contributed by atoms with Gasteiger partial charge in [-0.25, -0.2) is 4.98 Å². The zero-order chi connectivity index (χ0) is 17.1. The van der Waals surface area contributed by atoms with Gasteiger partial charge in [-0.1, -0.05) is 29.5 Å². The molecule has 5 nitrogen and oxygen atoms in total. The fourth-order valence-corrected chi connectivity index (χ4v) is 3.26. The average Bonchev–Trinajstić information content (AvgIpc) is 3.30. The summed E-state index contributed by atoms with van der Waals surface area (Å²) in [5.74, 6) is 1.65. The molecular formula is C19H16N2O3S. The summed E-state index contributed by atoms with van der Waals surface area (Å²) < 4.78 is 11.2. The minimum Gasteiger partial charge on any atom is -0.493 e. The zero-order valence-electron chi connectivity index (χ0n) is 13.3. The summed E-state index contributed by atoms with van der Waals surface area (Å²) in [5, 5.41) is 5.41. The molecule has 1 aliphatic rings. The second-order valence-electron chi connectivity index (χ2n) is 5.68. The first-order chi connectivity index (χ1) is 12.3. The highest BCUT2D eigenvalue weighted by Gasteiger charge is 2.24. The molecule has 0 aliphatic carbocycles. The third-order valence-electron chi connectivity index (χ3n) is 4.04. The van der Waals surface area contributed by atoms with Crippen LogP contribution in [-0.4, -0.2) is 24.0 Å². The number of carbonyl (C=O) groups is 1. The van der Waals surface area contributed by atoms with E-state index in [2.05, 4.69) is 10.3 Å². The minimum atomic E-state index is -0.106. The van der Waals surface area contributed by atoms with Crippen molar-refractivity contribution in [3.63, 3.8) is 0 Å². The number of carbonyl (C=O) groups excluding carboxylic acids is 1. The smallest absolute Gasteiger partial charge is 0.278 e. The number of hydrogen-bond donors (Lipinski definition) is 1. The van der Waals surface area contributed by atoms with E-state index in [9.17, 15) is 4.79 Å². The lowest BCUT2D eigenvalue weighted by atomic mass is 10.0. The van der Waals surface area contributed by atoms with Gasteiger partial charge in [-0.05, 0) is 30.3 Å². The predicted molar refractivity (Wildman–Crippen MR) is 95.6 cm³/mol. The number of fused-ring (bicyclic) bond motifs is 1. The molecule has 2 aromatic carbocycles. The van der Waals surface area contributed by atoms with Crippen molar-refractivity contribution in [1.29, 1.82) is 0 Å². The van der Waals surface area contributed by atoms with Crippen LogP contribution in [0.3, 0.4) is 0 Å². The fourth-order valence-electron chi connectivity index (χ4n) is 2.75. The maximum atomic E-state index is 12.3. The standard InChI is InChI=1S/C19H16N2O3S/c22-18(21-11-14-12-23-17-4-2-1-3-16(14)17)13-5-7-15(8-6-13)24-19-20-9-10-25-19/h1-10,14H,11-12H2,(H,21,22)/t14-/m0/s1. The molecular weight excluding hydrogens is 336 g/mol. The highest BCUT2D eigenvalue weighted by Crippen LogP contribution is 2.32. The molecule has 0 fully saturated rings. The Morgan fingerprint density at radius 1 is 1.24 bits per heavy atom. The van der Waals surface area contributed by atoms with Gasteiger partial charge in [-0.3, -0.25) is 4.79 Å². The Kier molecular flexibility index (Phi) is 4.35. The van der Waals surface area contributed by atoms with Crippen molar-refractivity contribution in [2.24, 2.45) is 0 Å². The summed E-state index contributed by atoms with van der Waals surface area (Å²) in [4.78, 5) is 16.4. The highest BCUT2D eigenvalue weighted by atomic mass is 32.1. The Hall–Kier alpha value is -2.86. The number of hydrogen-bond acceptors (Lipinski definition) is 5. The molecule has 3 aromatic rings. The third-order valence-corrected chi connectivity index (χ3v) is 4.69. The second-order valence-corrected chi connectivity index (χ2v) is 6.54. The van der Waals surface area contributed by atoms with Crippen LogP contribution in [0.4, 0.5) is 0 Å². The van der Waals surface area contributed by atoms with Crippen LogP contribution >= 0.6 is 11.3 Å². The minimum absolute atomic E-state index is 0.106. The first-order valence-electron chi connectivity index (χ1n) is 7.97. The lowest BCUT2D eigenvalue weighted by Gasteiger charge is -2.11. The van der Waals surface area contributed by atoms with Gasteiger partial charge in [0.05, 0.1) is 6.61 Å². The van der Waals surface area contributed by atoms with Gasteiger partial charge in [0, 0.05) is 35.2 Å². The van der Waals surface area contributed by atoms with Crippen LogP contribution in [0.1, 0.15) is 21.8 Å². The first kappa shape index (κ1) is 15.7. The van der Waals surface area contributed by atoms with Gasteiger partial charge < -0.3 is 14.8 Å². The number of para-hydroxylation sites is 1. The molecule has 2 heterocycles. The van der Waals surface area contributed by atoms with E-state index in [1.807, 2.05) is 29.6 Å². The molecule has 126 valence electrons. The third kappa shape index (κ3) is 3.49. The van der Waals surface area contributed by atoms with E-state index >= 15 is 0 Å². The van der Waals surface area contributed by atoms with E-state index in [0.717, 1.165) is 11.3 Å². The molecule has 0 saturated carbocycles. The molecule has 25 heavy (non-hydrogen) atoms. The van der Waals surface area contributed by atoms with Crippen molar-refractivity contribution in [2.75, 3.05) is 13.2 Å². The summed E-state index contributed by atoms with van der Waals surface area (Å²) in [6, 6.07) is 15.0. The Balaban J connectivity index is 1.35. The average molecular weight is 352 g/mol. The first-order valence-corrected chi connectivity index (χ1v) is 8.85. The molecule has 0 spiro atoms. The van der Waals surface area contributed by atoms with E-state index in [4.69, 9.17) is 9.47 Å². The van der Waals surface area contributed by atoms with Crippen LogP contribution in [0.15, 0.2) is 60.1 Å². The molecule has 0 radical (unpaired) electrons. The van der Waals surface area contributed by atoms with Gasteiger partial charge in [-0.2, -0.15) is 0 Å². The number of aromatic nitrogens is 1. The number of ether oxygens (including phenoxy) is 2. The summed E-state index contributed by atoms with van der Waals surface area (Å²) in [7, 11) is 0. The molecule has 4 rings (SSSR count). The Morgan fingerprint density at radius 2 is 2.08 bits per heavy atom. The van der Waals surface area contributed by atoms with Crippen molar-refractivity contribution >= 4 is 17.2 Å². The van der Waals surface area contributed by atoms with E-state index in [-0.39, 0.29) is 11.8 Å². The molecule has 0 saturated heterocycles. The van der Waals surface area contributed by atoms with E-state index in [1.54, 1.807) is 30.5 Å². The molecule has 1 N–H and O–H groups in total. The van der Waals surface area contributed by atoms with Crippen LogP contribution in [0.2, 0.25) is 0 Å². The zero-order valence-corrected chi connectivity index (χ0v) is 14.2. The molecule has 1 atom stereocenters. The predicted octanol–water partition coefficient (Wildman–Crippen LogP) is 3.84. The lowest BCUT2D eigenvalue weighted by molar-refractivity contribution is 0.0950. The summed E-state index contributed by atoms with van der Waals surface area (Å²) in [5.41, 5.74) is 1.74. The second kappa shape index (κ2) is 6.94. The Bertz CT molecular complexity index is 863. The summed E-state index contributed by atoms with van der Waals surface area (Å²) in [6.07, 6.45) is 1.69. The van der Waals surface area contributed by atoms with Gasteiger partial charge in [0.25, 0.3) is 11.1 Å². The van der Waals surface area contributed by atoms with E-state index in [0.29, 0.717) is 29.7 Å². The van der Waals surface area contributed by atoms with Crippen LogP contribution in [0.5, 0.6) is 16.7 Å². The molecule has 1 aliphatic heterocycles. The van der Waals surface area contributed by atoms with Crippen molar-refractivity contribution < 1.29 is 14.3 Å². The number of benzene rings is 2. The molecule has 1 amide bonds. The van der Waals surface area contributed by atoms with Crippen molar-refractivity contribution in [3.05, 3.63) is 71.2 Å². The Morgan fingerprint density at radius 3 is 2.88 bits per heavy atom. The largest absolute Gasteiger partial charge is 0.493 e. The van der Waals surface area contributed by atoms with Crippen LogP contribution in [-0.2, 0) is 0 Å². The van der Waals surface area contributed by atoms with Crippen LogP contribution < -0.4 is 14.8 Å². The van der Waals surface area contributed by atoms with Crippen LogP contribution in [0, 0.1) is 0 Å². The Labute approximate surface area is 149 Å².